The van der Waals surface area contributed by atoms with E-state index in [1.54, 1.807) is 24.3 Å². The number of halogens is 1. The third kappa shape index (κ3) is 4.84. The van der Waals surface area contributed by atoms with Crippen molar-refractivity contribution >= 4 is 45.0 Å². The number of aromatic nitrogens is 2. The summed E-state index contributed by atoms with van der Waals surface area (Å²) < 4.78 is 6.73. The molecule has 164 valence electrons. The SMILES string of the molecule is COC(=O)CC(NC(=O)c1cc2c(C)nn(Cc3ccccc3)c2s1)c1ccc(Cl)cc1. The molecule has 4 rings (SSSR count). The first-order chi connectivity index (χ1) is 15.4. The molecule has 0 bridgehead atoms. The Balaban J connectivity index is 1.59. The minimum atomic E-state index is -0.528. The number of methoxy groups -OCH3 is 1. The van der Waals surface area contributed by atoms with Gasteiger partial charge in [-0.15, -0.1) is 11.3 Å². The van der Waals surface area contributed by atoms with Gasteiger partial charge in [0.2, 0.25) is 0 Å². The summed E-state index contributed by atoms with van der Waals surface area (Å²) in [5.41, 5.74) is 2.79. The highest BCUT2D eigenvalue weighted by Crippen LogP contribution is 2.30. The van der Waals surface area contributed by atoms with Gasteiger partial charge in [-0.05, 0) is 36.2 Å². The lowest BCUT2D eigenvalue weighted by molar-refractivity contribution is -0.141. The highest BCUT2D eigenvalue weighted by Gasteiger charge is 2.22. The van der Waals surface area contributed by atoms with Crippen molar-refractivity contribution in [3.05, 3.63) is 87.4 Å². The van der Waals surface area contributed by atoms with Crippen molar-refractivity contribution in [1.29, 1.82) is 0 Å². The van der Waals surface area contributed by atoms with Crippen LogP contribution in [0.5, 0.6) is 0 Å². The van der Waals surface area contributed by atoms with E-state index in [4.69, 9.17) is 16.3 Å². The van der Waals surface area contributed by atoms with E-state index in [2.05, 4.69) is 10.4 Å². The molecule has 1 unspecified atom stereocenters. The van der Waals surface area contributed by atoms with Gasteiger partial charge in [0, 0.05) is 10.4 Å². The zero-order valence-corrected chi connectivity index (χ0v) is 19.2. The summed E-state index contributed by atoms with van der Waals surface area (Å²) in [5, 5.41) is 9.14. The molecule has 1 atom stereocenters. The molecule has 2 heterocycles. The number of thiophene rings is 1. The molecule has 0 aliphatic carbocycles. The molecule has 8 heteroatoms. The van der Waals surface area contributed by atoms with Crippen molar-refractivity contribution in [2.24, 2.45) is 0 Å². The van der Waals surface area contributed by atoms with Gasteiger partial charge in [-0.3, -0.25) is 14.3 Å². The number of esters is 1. The van der Waals surface area contributed by atoms with Crippen LogP contribution >= 0.6 is 22.9 Å². The van der Waals surface area contributed by atoms with Gasteiger partial charge in [0.15, 0.2) is 0 Å². The van der Waals surface area contributed by atoms with Gasteiger partial charge in [-0.1, -0.05) is 54.1 Å². The van der Waals surface area contributed by atoms with E-state index in [0.29, 0.717) is 16.4 Å². The van der Waals surface area contributed by atoms with Gasteiger partial charge in [0.1, 0.15) is 4.83 Å². The van der Waals surface area contributed by atoms with Gasteiger partial charge in [-0.25, -0.2) is 0 Å². The second-order valence-corrected chi connectivity index (χ2v) is 8.88. The maximum atomic E-state index is 13.1. The number of nitrogens with one attached hydrogen (secondary N) is 1. The summed E-state index contributed by atoms with van der Waals surface area (Å²) in [6, 6.07) is 18.4. The molecular weight excluding hydrogens is 446 g/mol. The molecule has 2 aromatic heterocycles. The quantitative estimate of drug-likeness (QED) is 0.382. The number of benzene rings is 2. The van der Waals surface area contributed by atoms with Gasteiger partial charge in [0.05, 0.1) is 36.7 Å². The Bertz CT molecular complexity index is 1250. The van der Waals surface area contributed by atoms with Crippen molar-refractivity contribution in [2.75, 3.05) is 7.11 Å². The van der Waals surface area contributed by atoms with E-state index in [1.807, 2.05) is 48.0 Å². The van der Waals surface area contributed by atoms with Gasteiger partial charge in [0.25, 0.3) is 5.91 Å². The highest BCUT2D eigenvalue weighted by atomic mass is 35.5. The normalized spacial score (nSPS) is 12.0. The van der Waals surface area contributed by atoms with Crippen molar-refractivity contribution in [2.45, 2.75) is 25.9 Å². The minimum absolute atomic E-state index is 0.0234. The predicted molar refractivity (Wildman–Crippen MR) is 126 cm³/mol. The molecule has 6 nitrogen and oxygen atoms in total. The Kier molecular flexibility index (Phi) is 6.58. The molecule has 0 radical (unpaired) electrons. The number of amides is 1. The fourth-order valence-corrected chi connectivity index (χ4v) is 4.70. The molecule has 0 saturated carbocycles. The smallest absolute Gasteiger partial charge is 0.307 e. The number of fused-ring (bicyclic) bond motifs is 1. The van der Waals surface area contributed by atoms with Crippen molar-refractivity contribution in [1.82, 2.24) is 15.1 Å². The molecule has 0 aliphatic heterocycles. The summed E-state index contributed by atoms with van der Waals surface area (Å²) >= 11 is 7.37. The first kappa shape index (κ1) is 22.0. The van der Waals surface area contributed by atoms with Crippen LogP contribution in [-0.4, -0.2) is 28.8 Å². The highest BCUT2D eigenvalue weighted by molar-refractivity contribution is 7.20. The Hall–Kier alpha value is -3.16. The maximum Gasteiger partial charge on any atom is 0.307 e. The second kappa shape index (κ2) is 9.54. The lowest BCUT2D eigenvalue weighted by Gasteiger charge is -2.18. The van der Waals surface area contributed by atoms with Crippen LogP contribution in [0.3, 0.4) is 0 Å². The summed E-state index contributed by atoms with van der Waals surface area (Å²) in [5.74, 6) is -0.656. The lowest BCUT2D eigenvalue weighted by atomic mass is 10.0. The largest absolute Gasteiger partial charge is 0.469 e. The predicted octanol–water partition coefficient (Wildman–Crippen LogP) is 5.14. The second-order valence-electron chi connectivity index (χ2n) is 7.42. The van der Waals surface area contributed by atoms with E-state index in [1.165, 1.54) is 18.4 Å². The fourth-order valence-electron chi connectivity index (χ4n) is 3.51. The fraction of sp³-hybridized carbons (Fsp3) is 0.208. The number of carbonyl (C=O) groups excluding carboxylic acids is 2. The number of hydrogen-bond donors (Lipinski definition) is 1. The first-order valence-corrected chi connectivity index (χ1v) is 11.3. The first-order valence-electron chi connectivity index (χ1n) is 10.1. The summed E-state index contributed by atoms with van der Waals surface area (Å²) in [6.07, 6.45) is 0.0234. The van der Waals surface area contributed by atoms with E-state index >= 15 is 0 Å². The summed E-state index contributed by atoms with van der Waals surface area (Å²) in [7, 11) is 1.33. The average molecular weight is 468 g/mol. The third-order valence-corrected chi connectivity index (χ3v) is 6.58. The number of nitrogens with zero attached hydrogens (tertiary/aromatic N) is 2. The van der Waals surface area contributed by atoms with Crippen LogP contribution in [0.15, 0.2) is 60.7 Å². The molecule has 0 saturated heterocycles. The Morgan fingerprint density at radius 3 is 2.56 bits per heavy atom. The molecule has 1 amide bonds. The van der Waals surface area contributed by atoms with Crippen LogP contribution in [0.4, 0.5) is 0 Å². The topological polar surface area (TPSA) is 73.2 Å². The van der Waals surface area contributed by atoms with E-state index < -0.39 is 12.0 Å². The number of carbonyl (C=O) groups is 2. The number of ether oxygens (including phenoxy) is 1. The number of hydrogen-bond acceptors (Lipinski definition) is 5. The molecule has 0 spiro atoms. The van der Waals surface area contributed by atoms with Crippen LogP contribution in [0.1, 0.15) is 39.0 Å². The van der Waals surface area contributed by atoms with Crippen LogP contribution in [0.25, 0.3) is 10.2 Å². The van der Waals surface area contributed by atoms with Crippen LogP contribution < -0.4 is 5.32 Å². The maximum absolute atomic E-state index is 13.1. The molecule has 0 fully saturated rings. The van der Waals surface area contributed by atoms with Gasteiger partial charge >= 0.3 is 5.97 Å². The zero-order chi connectivity index (χ0) is 22.7. The van der Waals surface area contributed by atoms with Crippen molar-refractivity contribution in [3.8, 4) is 0 Å². The van der Waals surface area contributed by atoms with E-state index in [-0.39, 0.29) is 12.3 Å². The van der Waals surface area contributed by atoms with E-state index in [0.717, 1.165) is 27.0 Å². The standard InChI is InChI=1S/C24H22ClN3O3S/c1-15-19-12-21(32-24(19)28(27-15)14-16-6-4-3-5-7-16)23(30)26-20(13-22(29)31-2)17-8-10-18(25)11-9-17/h3-12,20H,13-14H2,1-2H3,(H,26,30). The lowest BCUT2D eigenvalue weighted by Crippen LogP contribution is -2.30. The summed E-state index contributed by atoms with van der Waals surface area (Å²) in [6.45, 7) is 2.56. The molecule has 4 aromatic rings. The zero-order valence-electron chi connectivity index (χ0n) is 17.7. The number of rotatable bonds is 7. The van der Waals surface area contributed by atoms with Crippen LogP contribution in [-0.2, 0) is 16.1 Å². The van der Waals surface area contributed by atoms with Gasteiger partial charge < -0.3 is 10.1 Å². The Morgan fingerprint density at radius 1 is 1.16 bits per heavy atom. The Labute approximate surface area is 194 Å². The molecule has 0 aliphatic rings. The van der Waals surface area contributed by atoms with E-state index in [9.17, 15) is 9.59 Å². The van der Waals surface area contributed by atoms with Crippen molar-refractivity contribution < 1.29 is 14.3 Å². The van der Waals surface area contributed by atoms with Crippen LogP contribution in [0, 0.1) is 6.92 Å². The third-order valence-electron chi connectivity index (χ3n) is 5.18. The minimum Gasteiger partial charge on any atom is -0.469 e. The number of aryl methyl sites for hydroxylation is 1. The van der Waals surface area contributed by atoms with Crippen molar-refractivity contribution in [3.63, 3.8) is 0 Å². The van der Waals surface area contributed by atoms with Gasteiger partial charge in [-0.2, -0.15) is 5.10 Å². The molecule has 2 aromatic carbocycles. The molecule has 32 heavy (non-hydrogen) atoms. The van der Waals surface area contributed by atoms with Crippen LogP contribution in [0.2, 0.25) is 5.02 Å². The molecule has 1 N–H and O–H groups in total. The average Bonchev–Trinajstić information content (AvgIpc) is 3.36. The summed E-state index contributed by atoms with van der Waals surface area (Å²) in [4.78, 5) is 26.5. The molecular formula is C24H22ClN3O3S. The monoisotopic (exact) mass is 467 g/mol. The Morgan fingerprint density at radius 2 is 1.88 bits per heavy atom.